The summed E-state index contributed by atoms with van der Waals surface area (Å²) < 4.78 is 24.9. The fourth-order valence-electron chi connectivity index (χ4n) is 3.00. The van der Waals surface area contributed by atoms with E-state index in [1.54, 1.807) is 0 Å². The van der Waals surface area contributed by atoms with Gasteiger partial charge in [-0.3, -0.25) is 9.80 Å². The van der Waals surface area contributed by atoms with Crippen LogP contribution < -0.4 is 4.72 Å². The first-order valence-electron chi connectivity index (χ1n) is 7.93. The maximum atomic E-state index is 11.1. The quantitative estimate of drug-likeness (QED) is 0.817. The summed E-state index contributed by atoms with van der Waals surface area (Å²) in [5.74, 6) is 0. The fourth-order valence-corrected chi connectivity index (χ4v) is 3.46. The lowest BCUT2D eigenvalue weighted by Crippen LogP contribution is -2.54. The molecule has 0 bridgehead atoms. The van der Waals surface area contributed by atoms with Crippen molar-refractivity contribution in [3.8, 4) is 0 Å². The number of hydrogen-bond acceptors (Lipinski definition) is 4. The lowest BCUT2D eigenvalue weighted by molar-refractivity contribution is 0.0695. The molecule has 0 aliphatic carbocycles. The Morgan fingerprint density at radius 3 is 2.59 bits per heavy atom. The van der Waals surface area contributed by atoms with Crippen LogP contribution in [0.5, 0.6) is 0 Å². The van der Waals surface area contributed by atoms with Gasteiger partial charge in [0.25, 0.3) is 0 Å². The van der Waals surface area contributed by atoms with Gasteiger partial charge in [0.1, 0.15) is 0 Å². The van der Waals surface area contributed by atoms with Gasteiger partial charge in [0.05, 0.1) is 6.26 Å². The maximum absolute atomic E-state index is 11.1. The molecule has 0 amide bonds. The van der Waals surface area contributed by atoms with E-state index < -0.39 is 10.0 Å². The summed E-state index contributed by atoms with van der Waals surface area (Å²) in [6.45, 7) is 7.55. The number of hydrogen-bond donors (Lipinski definition) is 1. The van der Waals surface area contributed by atoms with E-state index in [-0.39, 0.29) is 0 Å². The van der Waals surface area contributed by atoms with Gasteiger partial charge in [-0.25, -0.2) is 13.1 Å². The zero-order chi connectivity index (χ0) is 16.0. The van der Waals surface area contributed by atoms with E-state index in [2.05, 4.69) is 45.7 Å². The van der Waals surface area contributed by atoms with E-state index >= 15 is 0 Å². The summed E-state index contributed by atoms with van der Waals surface area (Å²) in [6, 6.07) is 11.1. The largest absolute Gasteiger partial charge is 0.297 e. The minimum Gasteiger partial charge on any atom is -0.297 e. The molecule has 1 aromatic carbocycles. The van der Waals surface area contributed by atoms with Crippen molar-refractivity contribution in [3.63, 3.8) is 0 Å². The van der Waals surface area contributed by atoms with Gasteiger partial charge in [-0.1, -0.05) is 37.3 Å². The van der Waals surface area contributed by atoms with Crippen LogP contribution in [0, 0.1) is 0 Å². The van der Waals surface area contributed by atoms with E-state index in [1.807, 2.05) is 6.07 Å². The first kappa shape index (κ1) is 17.4. The molecule has 0 radical (unpaired) electrons. The molecule has 0 spiro atoms. The molecule has 0 saturated carbocycles. The predicted octanol–water partition coefficient (Wildman–Crippen LogP) is 1.13. The molecule has 1 N–H and O–H groups in total. The van der Waals surface area contributed by atoms with Crippen molar-refractivity contribution in [3.05, 3.63) is 35.9 Å². The van der Waals surface area contributed by atoms with Crippen LogP contribution in [0.3, 0.4) is 0 Å². The molecule has 1 heterocycles. The maximum Gasteiger partial charge on any atom is 0.208 e. The van der Waals surface area contributed by atoms with Crippen LogP contribution in [0.25, 0.3) is 0 Å². The summed E-state index contributed by atoms with van der Waals surface area (Å²) in [4.78, 5) is 4.89. The summed E-state index contributed by atoms with van der Waals surface area (Å²) in [5.41, 5.74) is 1.35. The van der Waals surface area contributed by atoms with Crippen LogP contribution in [-0.4, -0.2) is 63.2 Å². The first-order chi connectivity index (χ1) is 10.5. The third-order valence-electron chi connectivity index (χ3n) is 4.17. The second-order valence-electron chi connectivity index (χ2n) is 5.99. The molecule has 1 fully saturated rings. The van der Waals surface area contributed by atoms with Crippen LogP contribution in [0.4, 0.5) is 0 Å². The summed E-state index contributed by atoms with van der Waals surface area (Å²) in [7, 11) is -3.09. The van der Waals surface area contributed by atoms with E-state index in [0.717, 1.165) is 39.1 Å². The average molecular weight is 325 g/mol. The Morgan fingerprint density at radius 2 is 1.95 bits per heavy atom. The van der Waals surface area contributed by atoms with E-state index in [4.69, 9.17) is 0 Å². The molecule has 1 aromatic rings. The molecule has 22 heavy (non-hydrogen) atoms. The van der Waals surface area contributed by atoms with E-state index in [1.165, 1.54) is 11.8 Å². The molecule has 2 rings (SSSR count). The molecule has 1 aliphatic rings. The molecule has 6 heteroatoms. The zero-order valence-electron chi connectivity index (χ0n) is 13.5. The zero-order valence-corrected chi connectivity index (χ0v) is 14.3. The monoisotopic (exact) mass is 325 g/mol. The van der Waals surface area contributed by atoms with Crippen molar-refractivity contribution in [1.82, 2.24) is 14.5 Å². The Labute approximate surface area is 134 Å². The number of piperazine rings is 1. The highest BCUT2D eigenvalue weighted by Gasteiger charge is 2.25. The Bertz CT molecular complexity index is 548. The van der Waals surface area contributed by atoms with Gasteiger partial charge in [0.2, 0.25) is 10.0 Å². The second-order valence-corrected chi connectivity index (χ2v) is 7.82. The Kier molecular flexibility index (Phi) is 6.37. The fraction of sp³-hybridized carbons (Fsp3) is 0.625. The molecule has 1 atom stereocenters. The van der Waals surface area contributed by atoms with Gasteiger partial charge >= 0.3 is 0 Å². The Balaban J connectivity index is 1.83. The third-order valence-corrected chi connectivity index (χ3v) is 4.90. The second kappa shape index (κ2) is 8.06. The lowest BCUT2D eigenvalue weighted by atomic mass is 10.1. The predicted molar refractivity (Wildman–Crippen MR) is 90.2 cm³/mol. The van der Waals surface area contributed by atoms with Crippen LogP contribution in [0.2, 0.25) is 0 Å². The van der Waals surface area contributed by atoms with Gasteiger partial charge in [-0.15, -0.1) is 0 Å². The lowest BCUT2D eigenvalue weighted by Gasteiger charge is -2.41. The summed E-state index contributed by atoms with van der Waals surface area (Å²) >= 11 is 0. The van der Waals surface area contributed by atoms with Crippen LogP contribution in [0.15, 0.2) is 30.3 Å². The first-order valence-corrected chi connectivity index (χ1v) is 9.82. The molecule has 0 aromatic heterocycles. The van der Waals surface area contributed by atoms with Crippen LogP contribution in [0.1, 0.15) is 18.9 Å². The SMILES string of the molecule is CC[C@@H]1CN(Cc2ccccc2)CCN1CCNS(C)(=O)=O. The van der Waals surface area contributed by atoms with Crippen LogP contribution in [-0.2, 0) is 16.6 Å². The highest BCUT2D eigenvalue weighted by molar-refractivity contribution is 7.88. The normalized spacial score (nSPS) is 21.1. The number of sulfonamides is 1. The van der Waals surface area contributed by atoms with Crippen molar-refractivity contribution in [1.29, 1.82) is 0 Å². The van der Waals surface area contributed by atoms with Gasteiger partial charge in [-0.05, 0) is 12.0 Å². The summed E-state index contributed by atoms with van der Waals surface area (Å²) in [5, 5.41) is 0. The van der Waals surface area contributed by atoms with Crippen LogP contribution >= 0.6 is 0 Å². The standard InChI is InChI=1S/C16H27N3O2S/c1-3-16-14-18(13-15-7-5-4-6-8-15)11-12-19(16)10-9-17-22(2,20)21/h4-8,16-17H,3,9-14H2,1-2H3/t16-/m1/s1. The molecule has 0 unspecified atom stereocenters. The number of nitrogens with zero attached hydrogens (tertiary/aromatic N) is 2. The summed E-state index contributed by atoms with van der Waals surface area (Å²) in [6.07, 6.45) is 2.30. The van der Waals surface area contributed by atoms with Crippen molar-refractivity contribution >= 4 is 10.0 Å². The van der Waals surface area contributed by atoms with Crippen molar-refractivity contribution < 1.29 is 8.42 Å². The average Bonchev–Trinajstić information content (AvgIpc) is 2.48. The molecule has 1 aliphatic heterocycles. The highest BCUT2D eigenvalue weighted by Crippen LogP contribution is 2.15. The third kappa shape index (κ3) is 5.68. The van der Waals surface area contributed by atoms with Gasteiger partial charge in [0, 0.05) is 45.3 Å². The number of nitrogens with one attached hydrogen (secondary N) is 1. The number of rotatable bonds is 7. The van der Waals surface area contributed by atoms with E-state index in [0.29, 0.717) is 12.6 Å². The molecule has 5 nitrogen and oxygen atoms in total. The van der Waals surface area contributed by atoms with Crippen molar-refractivity contribution in [2.45, 2.75) is 25.9 Å². The van der Waals surface area contributed by atoms with Gasteiger partial charge in [-0.2, -0.15) is 0 Å². The number of benzene rings is 1. The smallest absolute Gasteiger partial charge is 0.208 e. The van der Waals surface area contributed by atoms with E-state index in [9.17, 15) is 8.42 Å². The Morgan fingerprint density at radius 1 is 1.23 bits per heavy atom. The Hall–Kier alpha value is -0.950. The minimum absolute atomic E-state index is 0.494. The topological polar surface area (TPSA) is 52.6 Å². The molecular formula is C16H27N3O2S. The van der Waals surface area contributed by atoms with Crippen molar-refractivity contribution in [2.75, 3.05) is 39.0 Å². The molecule has 124 valence electrons. The highest BCUT2D eigenvalue weighted by atomic mass is 32.2. The molecule has 1 saturated heterocycles. The van der Waals surface area contributed by atoms with Gasteiger partial charge < -0.3 is 0 Å². The van der Waals surface area contributed by atoms with Crippen molar-refractivity contribution in [2.24, 2.45) is 0 Å². The minimum atomic E-state index is -3.09. The van der Waals surface area contributed by atoms with Gasteiger partial charge in [0.15, 0.2) is 0 Å². The molecular weight excluding hydrogens is 298 g/mol.